The van der Waals surface area contributed by atoms with Crippen molar-refractivity contribution < 1.29 is 9.47 Å². The lowest BCUT2D eigenvalue weighted by atomic mass is 10.1. The number of ether oxygens (including phenoxy) is 2. The predicted molar refractivity (Wildman–Crippen MR) is 112 cm³/mol. The van der Waals surface area contributed by atoms with Crippen molar-refractivity contribution in [1.82, 2.24) is 0 Å². The second-order valence-electron chi connectivity index (χ2n) is 7.67. The summed E-state index contributed by atoms with van der Waals surface area (Å²) in [7, 11) is 0. The Morgan fingerprint density at radius 1 is 0.808 bits per heavy atom. The first-order valence-corrected chi connectivity index (χ1v) is 11.0. The first kappa shape index (κ1) is 23.0. The zero-order valence-corrected chi connectivity index (χ0v) is 17.8. The molecular formula is C22H42N2O2. The van der Waals surface area contributed by atoms with Gasteiger partial charge in [0.1, 0.15) is 12.7 Å². The third kappa shape index (κ3) is 11.5. The lowest BCUT2D eigenvalue weighted by Gasteiger charge is -2.04. The second kappa shape index (κ2) is 15.0. The van der Waals surface area contributed by atoms with Gasteiger partial charge in [0.2, 0.25) is 0 Å². The highest BCUT2D eigenvalue weighted by molar-refractivity contribution is 5.77. The van der Waals surface area contributed by atoms with E-state index in [4.69, 9.17) is 9.47 Å². The van der Waals surface area contributed by atoms with E-state index in [0.717, 1.165) is 37.8 Å². The molecule has 0 N–H and O–H groups in total. The van der Waals surface area contributed by atoms with E-state index in [-0.39, 0.29) is 0 Å². The molecule has 2 heterocycles. The first-order chi connectivity index (χ1) is 12.7. The van der Waals surface area contributed by atoms with Gasteiger partial charge >= 0.3 is 0 Å². The highest BCUT2D eigenvalue weighted by Crippen LogP contribution is 2.12. The fraction of sp³-hybridized carbons (Fsp3) is 0.909. The summed E-state index contributed by atoms with van der Waals surface area (Å²) in [5.74, 6) is 1.98. The molecule has 0 bridgehead atoms. The molecule has 26 heavy (non-hydrogen) atoms. The van der Waals surface area contributed by atoms with Crippen molar-refractivity contribution in [2.45, 2.75) is 117 Å². The highest BCUT2D eigenvalue weighted by atomic mass is 16.5. The summed E-state index contributed by atoms with van der Waals surface area (Å²) in [5, 5.41) is 0. The summed E-state index contributed by atoms with van der Waals surface area (Å²) in [6.45, 7) is 10.3. The van der Waals surface area contributed by atoms with Crippen LogP contribution >= 0.6 is 0 Å². The van der Waals surface area contributed by atoms with Gasteiger partial charge in [0, 0.05) is 12.8 Å². The van der Waals surface area contributed by atoms with E-state index in [1.807, 2.05) is 0 Å². The average Bonchev–Trinajstić information content (AvgIpc) is 3.23. The minimum atomic E-state index is 0.325. The van der Waals surface area contributed by atoms with E-state index in [0.29, 0.717) is 12.1 Å². The summed E-state index contributed by atoms with van der Waals surface area (Å²) in [6, 6.07) is 0.394. The topological polar surface area (TPSA) is 43.2 Å². The van der Waals surface area contributed by atoms with Crippen molar-refractivity contribution in [2.24, 2.45) is 9.98 Å². The molecule has 0 saturated heterocycles. The molecule has 0 spiro atoms. The van der Waals surface area contributed by atoms with Gasteiger partial charge < -0.3 is 9.47 Å². The summed E-state index contributed by atoms with van der Waals surface area (Å²) >= 11 is 0. The molecule has 0 aromatic rings. The largest absolute Gasteiger partial charge is 0.479 e. The van der Waals surface area contributed by atoms with Crippen molar-refractivity contribution in [3.05, 3.63) is 0 Å². The predicted octanol–water partition coefficient (Wildman–Crippen LogP) is 6.33. The maximum Gasteiger partial charge on any atom is 0.183 e. The minimum absolute atomic E-state index is 0.325. The number of nitrogens with zero attached hydrogens (tertiary/aromatic N) is 2. The number of aliphatic imine (C=N–C) groups is 2. The third-order valence-corrected chi connectivity index (χ3v) is 4.71. The van der Waals surface area contributed by atoms with E-state index >= 15 is 0 Å². The molecule has 2 aliphatic heterocycles. The SMILES string of the molecule is CCCCCCCC1=NC(C)CO1.CCCCCCCC1=NCC(C)O1. The fourth-order valence-corrected chi connectivity index (χ4v) is 3.11. The van der Waals surface area contributed by atoms with Crippen molar-refractivity contribution in [3.63, 3.8) is 0 Å². The molecule has 0 aromatic heterocycles. The molecule has 2 atom stereocenters. The zero-order valence-electron chi connectivity index (χ0n) is 17.8. The highest BCUT2D eigenvalue weighted by Gasteiger charge is 2.14. The maximum absolute atomic E-state index is 5.52. The summed E-state index contributed by atoms with van der Waals surface area (Å²) in [6.07, 6.45) is 15.6. The molecule has 0 radical (unpaired) electrons. The van der Waals surface area contributed by atoms with Crippen LogP contribution in [0, 0.1) is 0 Å². The van der Waals surface area contributed by atoms with Crippen LogP contribution in [0.1, 0.15) is 105 Å². The molecule has 0 saturated carbocycles. The van der Waals surface area contributed by atoms with Crippen LogP contribution in [0.3, 0.4) is 0 Å². The lowest BCUT2D eigenvalue weighted by Crippen LogP contribution is -2.07. The maximum atomic E-state index is 5.52. The van der Waals surface area contributed by atoms with Gasteiger partial charge in [0.25, 0.3) is 0 Å². The lowest BCUT2D eigenvalue weighted by molar-refractivity contribution is 0.238. The number of hydrogen-bond acceptors (Lipinski definition) is 4. The molecule has 2 rings (SSSR count). The van der Waals surface area contributed by atoms with Crippen molar-refractivity contribution in [1.29, 1.82) is 0 Å². The summed E-state index contributed by atoms with van der Waals surface area (Å²) in [5.41, 5.74) is 0. The minimum Gasteiger partial charge on any atom is -0.479 e. The average molecular weight is 367 g/mol. The van der Waals surface area contributed by atoms with Crippen LogP contribution in [0.2, 0.25) is 0 Å². The van der Waals surface area contributed by atoms with E-state index in [1.54, 1.807) is 0 Å². The van der Waals surface area contributed by atoms with E-state index in [1.165, 1.54) is 64.2 Å². The number of rotatable bonds is 12. The zero-order chi connectivity index (χ0) is 19.0. The van der Waals surface area contributed by atoms with E-state index in [2.05, 4.69) is 37.7 Å². The van der Waals surface area contributed by atoms with Crippen LogP contribution in [-0.4, -0.2) is 37.1 Å². The van der Waals surface area contributed by atoms with Gasteiger partial charge in [-0.25, -0.2) is 4.99 Å². The smallest absolute Gasteiger partial charge is 0.183 e. The molecule has 4 heteroatoms. The second-order valence-corrected chi connectivity index (χ2v) is 7.67. The van der Waals surface area contributed by atoms with Gasteiger partial charge in [0.15, 0.2) is 11.8 Å². The fourth-order valence-electron chi connectivity index (χ4n) is 3.11. The summed E-state index contributed by atoms with van der Waals surface area (Å²) < 4.78 is 10.9. The molecule has 0 aliphatic carbocycles. The van der Waals surface area contributed by atoms with Gasteiger partial charge in [-0.3, -0.25) is 4.99 Å². The van der Waals surface area contributed by atoms with Gasteiger partial charge in [-0.15, -0.1) is 0 Å². The first-order valence-electron chi connectivity index (χ1n) is 11.0. The van der Waals surface area contributed by atoms with Crippen LogP contribution in [0.15, 0.2) is 9.98 Å². The van der Waals surface area contributed by atoms with Crippen LogP contribution < -0.4 is 0 Å². The Labute approximate surface area is 161 Å². The van der Waals surface area contributed by atoms with Crippen molar-refractivity contribution in [2.75, 3.05) is 13.2 Å². The Kier molecular flexibility index (Phi) is 13.3. The molecule has 4 nitrogen and oxygen atoms in total. The quantitative estimate of drug-likeness (QED) is 0.379. The molecule has 0 aromatic carbocycles. The number of hydrogen-bond donors (Lipinski definition) is 0. The Morgan fingerprint density at radius 3 is 1.85 bits per heavy atom. The molecule has 152 valence electrons. The molecule has 2 unspecified atom stereocenters. The van der Waals surface area contributed by atoms with Crippen molar-refractivity contribution >= 4 is 11.8 Å². The monoisotopic (exact) mass is 366 g/mol. The van der Waals surface area contributed by atoms with E-state index in [9.17, 15) is 0 Å². The summed E-state index contributed by atoms with van der Waals surface area (Å²) in [4.78, 5) is 8.73. The van der Waals surface area contributed by atoms with Crippen LogP contribution in [0.25, 0.3) is 0 Å². The van der Waals surface area contributed by atoms with Gasteiger partial charge in [-0.2, -0.15) is 0 Å². The number of unbranched alkanes of at least 4 members (excludes halogenated alkanes) is 8. The Hall–Kier alpha value is -1.06. The molecule has 0 amide bonds. The molecular weight excluding hydrogens is 324 g/mol. The molecule has 2 aliphatic rings. The Balaban J connectivity index is 0.000000260. The Bertz CT molecular complexity index is 407. The standard InChI is InChI=1S/2C11H21NO/c1-3-4-5-6-7-8-11-12-10(2)9-13-11;1-3-4-5-6-7-8-11-12-9-10(2)13-11/h2*10H,3-9H2,1-2H3. The normalized spacial score (nSPS) is 21.4. The molecule has 0 fully saturated rings. The van der Waals surface area contributed by atoms with Crippen LogP contribution in [0.4, 0.5) is 0 Å². The van der Waals surface area contributed by atoms with E-state index < -0.39 is 0 Å². The van der Waals surface area contributed by atoms with Gasteiger partial charge in [-0.1, -0.05) is 65.2 Å². The van der Waals surface area contributed by atoms with Crippen LogP contribution in [0.5, 0.6) is 0 Å². The van der Waals surface area contributed by atoms with Crippen LogP contribution in [-0.2, 0) is 9.47 Å². The third-order valence-electron chi connectivity index (χ3n) is 4.71. The van der Waals surface area contributed by atoms with Gasteiger partial charge in [-0.05, 0) is 26.7 Å². The Morgan fingerprint density at radius 2 is 1.38 bits per heavy atom. The van der Waals surface area contributed by atoms with Gasteiger partial charge in [0.05, 0.1) is 12.6 Å². The van der Waals surface area contributed by atoms with Crippen molar-refractivity contribution in [3.8, 4) is 0 Å².